The highest BCUT2D eigenvalue weighted by molar-refractivity contribution is 4.92. The Hall–Kier alpha value is -0.260. The van der Waals surface area contributed by atoms with Crippen molar-refractivity contribution >= 4 is 0 Å². The van der Waals surface area contributed by atoms with Crippen LogP contribution in [0.4, 0.5) is 0 Å². The van der Waals surface area contributed by atoms with E-state index in [0.29, 0.717) is 0 Å². The molecule has 0 aromatic heterocycles. The van der Waals surface area contributed by atoms with Gasteiger partial charge >= 0.3 is 0 Å². The number of allylic oxidation sites excluding steroid dienone is 2. The molecule has 0 nitrogen and oxygen atoms in total. The van der Waals surface area contributed by atoms with E-state index in [4.69, 9.17) is 0 Å². The summed E-state index contributed by atoms with van der Waals surface area (Å²) in [4.78, 5) is 0. The summed E-state index contributed by atoms with van der Waals surface area (Å²) in [6, 6.07) is 0. The minimum absolute atomic E-state index is 0.883. The van der Waals surface area contributed by atoms with E-state index in [0.717, 1.165) is 5.92 Å². The van der Waals surface area contributed by atoms with Crippen molar-refractivity contribution < 1.29 is 0 Å². The van der Waals surface area contributed by atoms with Crippen molar-refractivity contribution in [1.29, 1.82) is 0 Å². The van der Waals surface area contributed by atoms with Gasteiger partial charge in [-0.2, -0.15) is 12.8 Å². The Morgan fingerprint density at radius 2 is 2.38 bits per heavy atom. The molecule has 0 saturated carbocycles. The standard InChI is InChI=1S/C8H13/c1-8-6-4-2-3-5-7-8/h2,4-5,8H,3,6-7H2,1H3/q-1. The third-order valence-corrected chi connectivity index (χ3v) is 1.58. The van der Waals surface area contributed by atoms with Crippen LogP contribution in [0.2, 0.25) is 0 Å². The van der Waals surface area contributed by atoms with E-state index < -0.39 is 0 Å². The Labute approximate surface area is 51.6 Å². The molecule has 0 saturated heterocycles. The van der Waals surface area contributed by atoms with E-state index in [-0.39, 0.29) is 0 Å². The second-order valence-electron chi connectivity index (χ2n) is 2.57. The first-order valence-corrected chi connectivity index (χ1v) is 3.36. The van der Waals surface area contributed by atoms with Gasteiger partial charge in [0.1, 0.15) is 0 Å². The average molecular weight is 109 g/mol. The van der Waals surface area contributed by atoms with Crippen molar-refractivity contribution in [2.45, 2.75) is 26.2 Å². The lowest BCUT2D eigenvalue weighted by molar-refractivity contribution is 0.587. The quantitative estimate of drug-likeness (QED) is 0.331. The molecule has 0 heterocycles. The lowest BCUT2D eigenvalue weighted by Gasteiger charge is -2.10. The second-order valence-corrected chi connectivity index (χ2v) is 2.57. The molecule has 0 aromatic rings. The molecule has 8 heavy (non-hydrogen) atoms. The van der Waals surface area contributed by atoms with Gasteiger partial charge in [-0.25, -0.2) is 0 Å². The van der Waals surface area contributed by atoms with Crippen LogP contribution in [0.1, 0.15) is 26.2 Å². The second kappa shape index (κ2) is 2.91. The molecule has 0 N–H and O–H groups in total. The molecule has 1 unspecified atom stereocenters. The summed E-state index contributed by atoms with van der Waals surface area (Å²) in [6.07, 6.45) is 10.7. The number of rotatable bonds is 0. The number of hydrogen-bond donors (Lipinski definition) is 0. The molecular formula is C8H13-. The molecule has 0 amide bonds. The minimum atomic E-state index is 0.883. The minimum Gasteiger partial charge on any atom is -0.325 e. The molecule has 0 heteroatoms. The molecule has 1 aliphatic rings. The van der Waals surface area contributed by atoms with Crippen LogP contribution in [0.25, 0.3) is 0 Å². The van der Waals surface area contributed by atoms with Crippen molar-refractivity contribution in [2.75, 3.05) is 0 Å². The molecule has 0 aromatic carbocycles. The fourth-order valence-corrected chi connectivity index (χ4v) is 0.998. The Morgan fingerprint density at radius 1 is 1.50 bits per heavy atom. The zero-order chi connectivity index (χ0) is 5.82. The highest BCUT2D eigenvalue weighted by Crippen LogP contribution is 2.15. The van der Waals surface area contributed by atoms with Crippen LogP contribution in [0.15, 0.2) is 12.2 Å². The van der Waals surface area contributed by atoms with Crippen molar-refractivity contribution in [3.63, 3.8) is 0 Å². The smallest absolute Gasteiger partial charge is 0.0350 e. The average Bonchev–Trinajstić information content (AvgIpc) is 1.94. The van der Waals surface area contributed by atoms with Gasteiger partial charge in [-0.05, 0) is 6.42 Å². The third-order valence-electron chi connectivity index (χ3n) is 1.58. The number of hydrogen-bond acceptors (Lipinski definition) is 0. The SMILES string of the molecule is CC1CC=CC[CH-]C1. The van der Waals surface area contributed by atoms with Crippen molar-refractivity contribution in [2.24, 2.45) is 5.92 Å². The van der Waals surface area contributed by atoms with Gasteiger partial charge in [0.2, 0.25) is 0 Å². The molecular weight excluding hydrogens is 96.1 g/mol. The summed E-state index contributed by atoms with van der Waals surface area (Å²) in [5.41, 5.74) is 0. The van der Waals surface area contributed by atoms with Crippen LogP contribution in [0.5, 0.6) is 0 Å². The van der Waals surface area contributed by atoms with Gasteiger partial charge in [-0.15, -0.1) is 6.08 Å². The van der Waals surface area contributed by atoms with Gasteiger partial charge in [0.25, 0.3) is 0 Å². The van der Waals surface area contributed by atoms with Gasteiger partial charge < -0.3 is 6.42 Å². The predicted molar refractivity (Wildman–Crippen MR) is 36.5 cm³/mol. The zero-order valence-electron chi connectivity index (χ0n) is 5.43. The van der Waals surface area contributed by atoms with E-state index in [2.05, 4.69) is 25.5 Å². The Morgan fingerprint density at radius 3 is 3.25 bits per heavy atom. The van der Waals surface area contributed by atoms with Gasteiger partial charge in [-0.1, -0.05) is 18.9 Å². The van der Waals surface area contributed by atoms with Crippen LogP contribution < -0.4 is 0 Å². The molecule has 1 rings (SSSR count). The molecule has 0 bridgehead atoms. The van der Waals surface area contributed by atoms with Crippen molar-refractivity contribution in [3.05, 3.63) is 18.6 Å². The molecule has 1 atom stereocenters. The first kappa shape index (κ1) is 5.87. The topological polar surface area (TPSA) is 0 Å². The molecule has 0 radical (unpaired) electrons. The maximum atomic E-state index is 2.36. The van der Waals surface area contributed by atoms with E-state index >= 15 is 0 Å². The fraction of sp³-hybridized carbons (Fsp3) is 0.625. The Bertz CT molecular complexity index is 82.0. The van der Waals surface area contributed by atoms with Crippen molar-refractivity contribution in [3.8, 4) is 0 Å². The van der Waals surface area contributed by atoms with Gasteiger partial charge in [0, 0.05) is 0 Å². The maximum Gasteiger partial charge on any atom is -0.0350 e. The first-order valence-electron chi connectivity index (χ1n) is 3.36. The van der Waals surface area contributed by atoms with Crippen LogP contribution >= 0.6 is 0 Å². The highest BCUT2D eigenvalue weighted by Gasteiger charge is 1.93. The van der Waals surface area contributed by atoms with Crippen LogP contribution in [-0.4, -0.2) is 0 Å². The lowest BCUT2D eigenvalue weighted by Crippen LogP contribution is -1.88. The maximum absolute atomic E-state index is 2.36. The Balaban J connectivity index is 2.30. The monoisotopic (exact) mass is 109 g/mol. The van der Waals surface area contributed by atoms with E-state index in [1.165, 1.54) is 19.3 Å². The van der Waals surface area contributed by atoms with Crippen LogP contribution in [0, 0.1) is 12.3 Å². The molecule has 0 fully saturated rings. The summed E-state index contributed by atoms with van der Waals surface area (Å²) in [6.45, 7) is 2.30. The predicted octanol–water partition coefficient (Wildman–Crippen LogP) is 2.57. The Kier molecular flexibility index (Phi) is 2.13. The fourth-order valence-electron chi connectivity index (χ4n) is 0.998. The first-order chi connectivity index (χ1) is 3.89. The van der Waals surface area contributed by atoms with E-state index in [1.54, 1.807) is 0 Å². The van der Waals surface area contributed by atoms with E-state index in [1.807, 2.05) is 0 Å². The van der Waals surface area contributed by atoms with E-state index in [9.17, 15) is 0 Å². The van der Waals surface area contributed by atoms with Gasteiger partial charge in [0.15, 0.2) is 0 Å². The summed E-state index contributed by atoms with van der Waals surface area (Å²) in [5.74, 6) is 0.883. The highest BCUT2D eigenvalue weighted by atomic mass is 14.1. The zero-order valence-corrected chi connectivity index (χ0v) is 5.43. The third kappa shape index (κ3) is 1.69. The normalized spacial score (nSPS) is 29.9. The van der Waals surface area contributed by atoms with Crippen molar-refractivity contribution in [1.82, 2.24) is 0 Å². The molecule has 1 aliphatic carbocycles. The summed E-state index contributed by atoms with van der Waals surface area (Å²) < 4.78 is 0. The van der Waals surface area contributed by atoms with Gasteiger partial charge in [-0.3, -0.25) is 0 Å². The summed E-state index contributed by atoms with van der Waals surface area (Å²) >= 11 is 0. The lowest BCUT2D eigenvalue weighted by atomic mass is 10.0. The van der Waals surface area contributed by atoms with Gasteiger partial charge in [0.05, 0.1) is 0 Å². The largest absolute Gasteiger partial charge is 0.325 e. The summed E-state index contributed by atoms with van der Waals surface area (Å²) in [7, 11) is 0. The van der Waals surface area contributed by atoms with Crippen LogP contribution in [-0.2, 0) is 0 Å². The van der Waals surface area contributed by atoms with Crippen LogP contribution in [0.3, 0.4) is 0 Å². The molecule has 0 aliphatic heterocycles. The molecule has 0 spiro atoms. The summed E-state index contributed by atoms with van der Waals surface area (Å²) in [5, 5.41) is 0. The molecule has 46 valence electrons.